The third-order valence-corrected chi connectivity index (χ3v) is 4.66. The van der Waals surface area contributed by atoms with Crippen LogP contribution in [0.2, 0.25) is 0 Å². The number of ether oxygens (including phenoxy) is 1. The normalized spacial score (nSPS) is 23.2. The first-order valence-electron chi connectivity index (χ1n) is 7.73. The highest BCUT2D eigenvalue weighted by Crippen LogP contribution is 2.39. The van der Waals surface area contributed by atoms with Gasteiger partial charge in [-0.1, -0.05) is 6.07 Å². The van der Waals surface area contributed by atoms with E-state index in [9.17, 15) is 13.2 Å². The van der Waals surface area contributed by atoms with Crippen molar-refractivity contribution in [3.8, 4) is 5.75 Å². The first kappa shape index (κ1) is 16.6. The Morgan fingerprint density at radius 3 is 2.13 bits per heavy atom. The molecule has 3 nitrogen and oxygen atoms in total. The van der Waals surface area contributed by atoms with Crippen LogP contribution in [-0.4, -0.2) is 24.4 Å². The second kappa shape index (κ2) is 5.15. The van der Waals surface area contributed by atoms with Gasteiger partial charge in [0.25, 0.3) is 0 Å². The highest BCUT2D eigenvalue weighted by molar-refractivity contribution is 6.62. The zero-order chi connectivity index (χ0) is 17.0. The van der Waals surface area contributed by atoms with Gasteiger partial charge in [0.1, 0.15) is 5.75 Å². The molecule has 0 radical (unpaired) electrons. The topological polar surface area (TPSA) is 27.7 Å². The lowest BCUT2D eigenvalue weighted by Gasteiger charge is -2.32. The van der Waals surface area contributed by atoms with E-state index >= 15 is 0 Å². The van der Waals surface area contributed by atoms with E-state index in [1.807, 2.05) is 27.7 Å². The van der Waals surface area contributed by atoms with Crippen molar-refractivity contribution >= 4 is 12.6 Å². The molecule has 0 spiro atoms. The fourth-order valence-corrected chi connectivity index (χ4v) is 2.41. The SMILES string of the molecule is CC1(C)OB(c2ccc(OC3CC3)cc2C(F)(F)F)OC1(C)C. The lowest BCUT2D eigenvalue weighted by atomic mass is 9.75. The van der Waals surface area contributed by atoms with Crippen molar-refractivity contribution in [3.05, 3.63) is 23.8 Å². The number of alkyl halides is 3. The minimum absolute atomic E-state index is 0.0145. The van der Waals surface area contributed by atoms with Crippen LogP contribution in [0.25, 0.3) is 0 Å². The first-order valence-corrected chi connectivity index (χ1v) is 7.73. The second-order valence-electron chi connectivity index (χ2n) is 7.15. The molecule has 1 aromatic carbocycles. The molecule has 7 heteroatoms. The maximum Gasteiger partial charge on any atom is 0.495 e. The molecular weight excluding hydrogens is 308 g/mol. The van der Waals surface area contributed by atoms with Crippen molar-refractivity contribution in [2.24, 2.45) is 0 Å². The molecular formula is C16H20BF3O3. The maximum absolute atomic E-state index is 13.5. The zero-order valence-electron chi connectivity index (χ0n) is 13.7. The smallest absolute Gasteiger partial charge is 0.490 e. The monoisotopic (exact) mass is 328 g/mol. The highest BCUT2D eigenvalue weighted by atomic mass is 19.4. The molecule has 1 saturated heterocycles. The molecule has 23 heavy (non-hydrogen) atoms. The molecule has 3 rings (SSSR count). The fourth-order valence-electron chi connectivity index (χ4n) is 2.41. The summed E-state index contributed by atoms with van der Waals surface area (Å²) in [5, 5.41) is 0. The van der Waals surface area contributed by atoms with Crippen LogP contribution in [0.5, 0.6) is 5.75 Å². The molecule has 0 N–H and O–H groups in total. The predicted octanol–water partition coefficient (Wildman–Crippen LogP) is 3.55. The Bertz CT molecular complexity index is 593. The summed E-state index contributed by atoms with van der Waals surface area (Å²) in [6.45, 7) is 7.24. The Balaban J connectivity index is 1.95. The summed E-state index contributed by atoms with van der Waals surface area (Å²) in [7, 11) is -1.05. The van der Waals surface area contributed by atoms with Gasteiger partial charge in [-0.3, -0.25) is 0 Å². The lowest BCUT2D eigenvalue weighted by Crippen LogP contribution is -2.41. The maximum atomic E-state index is 13.5. The van der Waals surface area contributed by atoms with Crippen LogP contribution in [-0.2, 0) is 15.5 Å². The van der Waals surface area contributed by atoms with Crippen LogP contribution >= 0.6 is 0 Å². The molecule has 0 amide bonds. The summed E-state index contributed by atoms with van der Waals surface area (Å²) < 4.78 is 57.4. The Kier molecular flexibility index (Phi) is 3.72. The van der Waals surface area contributed by atoms with Gasteiger partial charge in [-0.25, -0.2) is 0 Å². The largest absolute Gasteiger partial charge is 0.495 e. The van der Waals surface area contributed by atoms with Crippen LogP contribution in [0.1, 0.15) is 46.1 Å². The summed E-state index contributed by atoms with van der Waals surface area (Å²) in [6, 6.07) is 3.98. The average Bonchev–Trinajstić information content (AvgIpc) is 3.16. The van der Waals surface area contributed by atoms with Crippen LogP contribution < -0.4 is 10.2 Å². The van der Waals surface area contributed by atoms with Crippen molar-refractivity contribution < 1.29 is 27.2 Å². The van der Waals surface area contributed by atoms with Crippen LogP contribution in [0, 0.1) is 0 Å². The quantitative estimate of drug-likeness (QED) is 0.795. The number of hydrogen-bond acceptors (Lipinski definition) is 3. The molecule has 0 aromatic heterocycles. The van der Waals surface area contributed by atoms with Gasteiger partial charge in [-0.05, 0) is 58.1 Å². The Morgan fingerprint density at radius 1 is 1.09 bits per heavy atom. The summed E-state index contributed by atoms with van der Waals surface area (Å²) in [5.41, 5.74) is -2.17. The number of benzene rings is 1. The number of hydrogen-bond donors (Lipinski definition) is 0. The predicted molar refractivity (Wildman–Crippen MR) is 80.8 cm³/mol. The van der Waals surface area contributed by atoms with Crippen molar-refractivity contribution in [2.75, 3.05) is 0 Å². The molecule has 0 unspecified atom stereocenters. The van der Waals surface area contributed by atoms with E-state index in [0.717, 1.165) is 18.9 Å². The van der Waals surface area contributed by atoms with Gasteiger partial charge < -0.3 is 14.0 Å². The molecule has 1 aliphatic heterocycles. The second-order valence-corrected chi connectivity index (χ2v) is 7.15. The summed E-state index contributed by atoms with van der Waals surface area (Å²) >= 11 is 0. The molecule has 2 fully saturated rings. The Morgan fingerprint density at radius 2 is 1.65 bits per heavy atom. The van der Waals surface area contributed by atoms with E-state index in [2.05, 4.69) is 0 Å². The van der Waals surface area contributed by atoms with Crippen molar-refractivity contribution in [2.45, 2.75) is 64.0 Å². The first-order chi connectivity index (χ1) is 10.5. The van der Waals surface area contributed by atoms with Crippen molar-refractivity contribution in [3.63, 3.8) is 0 Å². The van der Waals surface area contributed by atoms with Gasteiger partial charge >= 0.3 is 13.3 Å². The summed E-state index contributed by atoms with van der Waals surface area (Å²) in [5.74, 6) is 0.236. The van der Waals surface area contributed by atoms with Crippen molar-refractivity contribution in [1.29, 1.82) is 0 Å². The Labute approximate surface area is 134 Å². The summed E-state index contributed by atoms with van der Waals surface area (Å²) in [6.07, 6.45) is -2.68. The van der Waals surface area contributed by atoms with E-state index in [1.165, 1.54) is 6.07 Å². The van der Waals surface area contributed by atoms with Gasteiger partial charge in [-0.2, -0.15) is 13.2 Å². The average molecular weight is 328 g/mol. The number of halogens is 3. The van der Waals surface area contributed by atoms with E-state index < -0.39 is 30.1 Å². The van der Waals surface area contributed by atoms with Crippen LogP contribution in [0.3, 0.4) is 0 Å². The third kappa shape index (κ3) is 3.22. The molecule has 1 saturated carbocycles. The molecule has 1 heterocycles. The minimum atomic E-state index is -4.50. The summed E-state index contributed by atoms with van der Waals surface area (Å²) in [4.78, 5) is 0. The van der Waals surface area contributed by atoms with Gasteiger partial charge in [0.15, 0.2) is 0 Å². The van der Waals surface area contributed by atoms with Gasteiger partial charge in [0, 0.05) is 0 Å². The van der Waals surface area contributed by atoms with Crippen LogP contribution in [0.4, 0.5) is 13.2 Å². The van der Waals surface area contributed by atoms with Gasteiger partial charge in [-0.15, -0.1) is 0 Å². The van der Waals surface area contributed by atoms with Crippen LogP contribution in [0.15, 0.2) is 18.2 Å². The van der Waals surface area contributed by atoms with E-state index in [4.69, 9.17) is 14.0 Å². The molecule has 0 atom stereocenters. The van der Waals surface area contributed by atoms with Gasteiger partial charge in [0.2, 0.25) is 0 Å². The molecule has 2 aliphatic rings. The molecule has 126 valence electrons. The van der Waals surface area contributed by atoms with Gasteiger partial charge in [0.05, 0.1) is 22.9 Å². The number of rotatable bonds is 3. The zero-order valence-corrected chi connectivity index (χ0v) is 13.7. The Hall–Kier alpha value is -1.21. The fraction of sp³-hybridized carbons (Fsp3) is 0.625. The lowest BCUT2D eigenvalue weighted by molar-refractivity contribution is -0.137. The van der Waals surface area contributed by atoms with E-state index in [-0.39, 0.29) is 17.3 Å². The van der Waals surface area contributed by atoms with E-state index in [1.54, 1.807) is 6.07 Å². The molecule has 1 aliphatic carbocycles. The third-order valence-electron chi connectivity index (χ3n) is 4.66. The minimum Gasteiger partial charge on any atom is -0.490 e. The molecule has 0 bridgehead atoms. The standard InChI is InChI=1S/C16H20BF3O3/c1-14(2)15(3,4)23-17(22-14)13-8-7-11(21-10-5-6-10)9-12(13)16(18,19)20/h7-10H,5-6H2,1-4H3. The van der Waals surface area contributed by atoms with E-state index in [0.29, 0.717) is 0 Å². The van der Waals surface area contributed by atoms with Crippen molar-refractivity contribution in [1.82, 2.24) is 0 Å². The molecule has 1 aromatic rings. The highest BCUT2D eigenvalue weighted by Gasteiger charge is 2.53.